The van der Waals surface area contributed by atoms with Crippen LogP contribution in [0.3, 0.4) is 0 Å². The summed E-state index contributed by atoms with van der Waals surface area (Å²) in [5.41, 5.74) is 0.208. The topological polar surface area (TPSA) is 63.6 Å². The molecule has 19 heavy (non-hydrogen) atoms. The van der Waals surface area contributed by atoms with Gasteiger partial charge in [0.15, 0.2) is 17.3 Å². The van der Waals surface area contributed by atoms with Crippen molar-refractivity contribution in [2.75, 3.05) is 0 Å². The van der Waals surface area contributed by atoms with Crippen LogP contribution >= 0.6 is 0 Å². The molecular formula is C14H7FO4. The fourth-order valence-electron chi connectivity index (χ4n) is 2.22. The Kier molecular flexibility index (Phi) is 2.35. The van der Waals surface area contributed by atoms with Gasteiger partial charge in [0.1, 0.15) is 0 Å². The van der Waals surface area contributed by atoms with Crippen molar-refractivity contribution in [3.8, 4) is 11.5 Å². The summed E-state index contributed by atoms with van der Waals surface area (Å²) in [6, 6.07) is 8.65. The van der Waals surface area contributed by atoms with Gasteiger partial charge in [0.25, 0.3) is 0 Å². The van der Waals surface area contributed by atoms with E-state index in [1.54, 1.807) is 12.1 Å². The molecule has 3 rings (SSSR count). The molecule has 94 valence electrons. The van der Waals surface area contributed by atoms with Crippen LogP contribution in [-0.4, -0.2) is 16.7 Å². The Morgan fingerprint density at radius 2 is 1.53 bits per heavy atom. The van der Waals surface area contributed by atoms with Crippen molar-refractivity contribution in [1.29, 1.82) is 0 Å². The van der Waals surface area contributed by atoms with Gasteiger partial charge < -0.3 is 5.11 Å². The van der Waals surface area contributed by atoms with E-state index < -0.39 is 23.1 Å². The van der Waals surface area contributed by atoms with E-state index in [1.807, 2.05) is 0 Å². The molecule has 2 aromatic rings. The first-order chi connectivity index (χ1) is 9.15. The van der Waals surface area contributed by atoms with Crippen LogP contribution in [0.5, 0.6) is 11.5 Å². The fourth-order valence-corrected chi connectivity index (χ4v) is 2.22. The molecule has 0 aliphatic heterocycles. The summed E-state index contributed by atoms with van der Waals surface area (Å²) < 4.78 is 12.5. The van der Waals surface area contributed by atoms with Gasteiger partial charge in [-0.2, -0.15) is 0 Å². The van der Waals surface area contributed by atoms with E-state index >= 15 is 0 Å². The van der Waals surface area contributed by atoms with Crippen LogP contribution in [0.1, 0.15) is 31.8 Å². The zero-order valence-corrected chi connectivity index (χ0v) is 9.51. The Morgan fingerprint density at radius 3 is 2.16 bits per heavy atom. The Labute approximate surface area is 107 Å². The van der Waals surface area contributed by atoms with Crippen LogP contribution < -0.4 is 4.94 Å². The number of ketones is 2. The van der Waals surface area contributed by atoms with Crippen molar-refractivity contribution in [2.24, 2.45) is 0 Å². The second-order valence-corrected chi connectivity index (χ2v) is 4.12. The van der Waals surface area contributed by atoms with Gasteiger partial charge >= 0.3 is 0 Å². The maximum absolute atomic E-state index is 12.5. The number of phenols is 1. The average molecular weight is 258 g/mol. The Morgan fingerprint density at radius 1 is 0.895 bits per heavy atom. The predicted molar refractivity (Wildman–Crippen MR) is 63.1 cm³/mol. The minimum Gasteiger partial charge on any atom is -0.504 e. The maximum atomic E-state index is 12.5. The summed E-state index contributed by atoms with van der Waals surface area (Å²) >= 11 is 0. The smallest absolute Gasteiger partial charge is 0.225 e. The SMILES string of the molecule is O=C1c2ccccc2C(=O)c2c1ccc(O)c2OF. The Hall–Kier alpha value is -2.69. The standard InChI is InChI=1S/C14H7FO4/c15-19-14-10(16)6-5-9-11(14)13(18)8-4-2-1-3-7(8)12(9)17/h1-6,16H. The third kappa shape index (κ3) is 1.45. The predicted octanol–water partition coefficient (Wildman–Crippen LogP) is 2.43. The third-order valence-corrected chi connectivity index (χ3v) is 3.10. The second kappa shape index (κ2) is 3.91. The number of benzene rings is 2. The normalized spacial score (nSPS) is 12.9. The largest absolute Gasteiger partial charge is 0.504 e. The lowest BCUT2D eigenvalue weighted by Gasteiger charge is -2.18. The van der Waals surface area contributed by atoms with Crippen LogP contribution in [0.4, 0.5) is 4.53 Å². The summed E-state index contributed by atoms with van der Waals surface area (Å²) in [5, 5.41) is 9.49. The molecule has 0 radical (unpaired) electrons. The first-order valence-corrected chi connectivity index (χ1v) is 5.48. The van der Waals surface area contributed by atoms with E-state index in [9.17, 15) is 19.2 Å². The van der Waals surface area contributed by atoms with Gasteiger partial charge in [0.05, 0.1) is 5.56 Å². The molecule has 0 saturated carbocycles. The summed E-state index contributed by atoms with van der Waals surface area (Å²) in [6.07, 6.45) is 0. The highest BCUT2D eigenvalue weighted by atomic mass is 19.3. The number of carbonyl (C=O) groups excluding carboxylic acids is 2. The molecule has 0 fully saturated rings. The summed E-state index contributed by atoms with van der Waals surface area (Å²) in [7, 11) is 0. The van der Waals surface area contributed by atoms with Gasteiger partial charge in [-0.3, -0.25) is 14.5 Å². The first-order valence-electron chi connectivity index (χ1n) is 5.48. The zero-order valence-electron chi connectivity index (χ0n) is 9.51. The van der Waals surface area contributed by atoms with Crippen molar-refractivity contribution in [3.05, 3.63) is 58.7 Å². The number of aromatic hydroxyl groups is 1. The highest BCUT2D eigenvalue weighted by Crippen LogP contribution is 2.38. The number of phenolic OH excluding ortho intramolecular Hbond substituents is 1. The molecule has 1 N–H and O–H groups in total. The number of hydrogen-bond donors (Lipinski definition) is 1. The Bertz CT molecular complexity index is 721. The quantitative estimate of drug-likeness (QED) is 0.728. The van der Waals surface area contributed by atoms with E-state index in [0.717, 1.165) is 6.07 Å². The molecule has 0 saturated heterocycles. The molecule has 0 bridgehead atoms. The van der Waals surface area contributed by atoms with Gasteiger partial charge in [0, 0.05) is 21.2 Å². The van der Waals surface area contributed by atoms with Gasteiger partial charge in [-0.05, 0) is 12.1 Å². The molecule has 0 aromatic heterocycles. The highest BCUT2D eigenvalue weighted by molar-refractivity contribution is 6.29. The van der Waals surface area contributed by atoms with Crippen molar-refractivity contribution in [2.45, 2.75) is 0 Å². The fraction of sp³-hybridized carbons (Fsp3) is 0. The van der Waals surface area contributed by atoms with Crippen molar-refractivity contribution in [1.82, 2.24) is 0 Å². The van der Waals surface area contributed by atoms with Crippen molar-refractivity contribution < 1.29 is 24.2 Å². The average Bonchev–Trinajstić information content (AvgIpc) is 2.44. The first kappa shape index (κ1) is 11.4. The van der Waals surface area contributed by atoms with E-state index in [4.69, 9.17) is 0 Å². The van der Waals surface area contributed by atoms with Gasteiger partial charge in [0.2, 0.25) is 5.75 Å². The zero-order chi connectivity index (χ0) is 13.6. The van der Waals surface area contributed by atoms with E-state index in [0.29, 0.717) is 0 Å². The molecule has 1 aliphatic rings. The van der Waals surface area contributed by atoms with E-state index in [1.165, 1.54) is 18.2 Å². The van der Waals surface area contributed by atoms with Crippen molar-refractivity contribution in [3.63, 3.8) is 0 Å². The lowest BCUT2D eigenvalue weighted by atomic mass is 9.83. The number of hydrogen-bond acceptors (Lipinski definition) is 4. The van der Waals surface area contributed by atoms with E-state index in [2.05, 4.69) is 4.94 Å². The number of rotatable bonds is 1. The Balaban J connectivity index is 2.36. The molecule has 4 nitrogen and oxygen atoms in total. The molecule has 2 aromatic carbocycles. The monoisotopic (exact) mass is 258 g/mol. The lowest BCUT2D eigenvalue weighted by Crippen LogP contribution is -2.21. The van der Waals surface area contributed by atoms with Gasteiger partial charge in [-0.25, -0.2) is 0 Å². The van der Waals surface area contributed by atoms with Crippen LogP contribution in [0.15, 0.2) is 36.4 Å². The maximum Gasteiger partial charge on any atom is 0.225 e. The molecule has 0 spiro atoms. The minimum atomic E-state index is -0.620. The third-order valence-electron chi connectivity index (χ3n) is 3.10. The molecule has 0 heterocycles. The number of halogens is 1. The summed E-state index contributed by atoms with van der Waals surface area (Å²) in [5.74, 6) is -2.09. The van der Waals surface area contributed by atoms with Crippen LogP contribution in [-0.2, 0) is 0 Å². The molecular weight excluding hydrogens is 251 g/mol. The summed E-state index contributed by atoms with van der Waals surface area (Å²) in [6.45, 7) is 0. The molecule has 5 heteroatoms. The number of fused-ring (bicyclic) bond motifs is 2. The highest BCUT2D eigenvalue weighted by Gasteiger charge is 2.33. The van der Waals surface area contributed by atoms with E-state index in [-0.39, 0.29) is 22.3 Å². The molecule has 0 unspecified atom stereocenters. The minimum absolute atomic E-state index is 0.0224. The number of carbonyl (C=O) groups is 2. The molecule has 0 amide bonds. The molecule has 1 aliphatic carbocycles. The summed E-state index contributed by atoms with van der Waals surface area (Å²) in [4.78, 5) is 28.1. The lowest BCUT2D eigenvalue weighted by molar-refractivity contribution is -0.00983. The van der Waals surface area contributed by atoms with Crippen LogP contribution in [0.2, 0.25) is 0 Å². The second-order valence-electron chi connectivity index (χ2n) is 4.12. The van der Waals surface area contributed by atoms with Crippen LogP contribution in [0, 0.1) is 0 Å². The van der Waals surface area contributed by atoms with Crippen molar-refractivity contribution >= 4 is 11.6 Å². The van der Waals surface area contributed by atoms with Crippen LogP contribution in [0.25, 0.3) is 0 Å². The molecule has 0 atom stereocenters. The van der Waals surface area contributed by atoms with Gasteiger partial charge in [-0.15, -0.1) is 0 Å². The van der Waals surface area contributed by atoms with Gasteiger partial charge in [-0.1, -0.05) is 24.3 Å².